The zero-order chi connectivity index (χ0) is 22.3. The Morgan fingerprint density at radius 1 is 1.19 bits per heavy atom. The van der Waals surface area contributed by atoms with E-state index in [9.17, 15) is 9.59 Å². The van der Waals surface area contributed by atoms with E-state index in [4.69, 9.17) is 4.74 Å². The van der Waals surface area contributed by atoms with Crippen molar-refractivity contribution in [2.75, 3.05) is 30.4 Å². The predicted molar refractivity (Wildman–Crippen MR) is 122 cm³/mol. The van der Waals surface area contributed by atoms with Crippen LogP contribution in [0.15, 0.2) is 60.9 Å². The molecule has 0 spiro atoms. The quantitative estimate of drug-likeness (QED) is 0.533. The van der Waals surface area contributed by atoms with Gasteiger partial charge in [0.2, 0.25) is 5.91 Å². The highest BCUT2D eigenvalue weighted by Gasteiger charge is 2.26. The molecule has 0 unspecified atom stereocenters. The number of aromatic nitrogens is 2. The first-order valence-corrected chi connectivity index (χ1v) is 10.5. The predicted octanol–water partition coefficient (Wildman–Crippen LogP) is 2.81. The van der Waals surface area contributed by atoms with Crippen LogP contribution in [-0.2, 0) is 17.8 Å². The molecule has 2 amide bonds. The zero-order valence-corrected chi connectivity index (χ0v) is 17.9. The van der Waals surface area contributed by atoms with Gasteiger partial charge in [-0.05, 0) is 48.7 Å². The van der Waals surface area contributed by atoms with E-state index in [1.54, 1.807) is 24.3 Å². The molecule has 3 heterocycles. The number of carbonyl (C=O) groups is 2. The Labute approximate surface area is 186 Å². The number of pyridine rings is 2. The Kier molecular flexibility index (Phi) is 6.60. The van der Waals surface area contributed by atoms with Crippen LogP contribution in [0.1, 0.15) is 28.0 Å². The second-order valence-electron chi connectivity index (χ2n) is 7.45. The van der Waals surface area contributed by atoms with E-state index in [1.807, 2.05) is 42.5 Å². The van der Waals surface area contributed by atoms with E-state index in [0.717, 1.165) is 29.8 Å². The summed E-state index contributed by atoms with van der Waals surface area (Å²) in [4.78, 5) is 35.6. The molecule has 1 aliphatic heterocycles. The van der Waals surface area contributed by atoms with E-state index in [0.29, 0.717) is 30.2 Å². The lowest BCUT2D eigenvalue weighted by Gasteiger charge is -2.29. The number of anilines is 2. The number of amides is 2. The fourth-order valence-corrected chi connectivity index (χ4v) is 3.51. The van der Waals surface area contributed by atoms with Gasteiger partial charge in [0.05, 0.1) is 31.5 Å². The number of hydrogen-bond acceptors (Lipinski definition) is 6. The van der Waals surface area contributed by atoms with Crippen molar-refractivity contribution < 1.29 is 14.3 Å². The van der Waals surface area contributed by atoms with Gasteiger partial charge in [0.25, 0.3) is 5.91 Å². The molecule has 164 valence electrons. The van der Waals surface area contributed by atoms with Gasteiger partial charge >= 0.3 is 0 Å². The third-order valence-corrected chi connectivity index (χ3v) is 5.25. The van der Waals surface area contributed by atoms with Crippen LogP contribution in [0.3, 0.4) is 0 Å². The summed E-state index contributed by atoms with van der Waals surface area (Å²) in [5.74, 6) is 1.04. The van der Waals surface area contributed by atoms with Crippen LogP contribution in [0.5, 0.6) is 5.75 Å². The molecule has 2 aromatic heterocycles. The van der Waals surface area contributed by atoms with Gasteiger partial charge in [0, 0.05) is 24.6 Å². The molecule has 0 saturated heterocycles. The average Bonchev–Trinajstić information content (AvgIpc) is 2.84. The lowest BCUT2D eigenvalue weighted by atomic mass is 10.1. The monoisotopic (exact) mass is 431 g/mol. The van der Waals surface area contributed by atoms with Crippen LogP contribution in [0.4, 0.5) is 11.5 Å². The number of benzene rings is 1. The molecule has 32 heavy (non-hydrogen) atoms. The number of ether oxygens (including phenoxy) is 1. The van der Waals surface area contributed by atoms with E-state index in [1.165, 1.54) is 6.20 Å². The maximum atomic E-state index is 12.7. The van der Waals surface area contributed by atoms with E-state index >= 15 is 0 Å². The van der Waals surface area contributed by atoms with Gasteiger partial charge in [-0.1, -0.05) is 18.2 Å². The molecule has 0 fully saturated rings. The third kappa shape index (κ3) is 5.03. The molecule has 1 aliphatic rings. The van der Waals surface area contributed by atoms with Crippen molar-refractivity contribution in [1.29, 1.82) is 0 Å². The first kappa shape index (κ1) is 21.3. The van der Waals surface area contributed by atoms with Gasteiger partial charge < -0.3 is 20.3 Å². The molecule has 2 N–H and O–H groups in total. The van der Waals surface area contributed by atoms with Crippen molar-refractivity contribution in [2.24, 2.45) is 0 Å². The van der Waals surface area contributed by atoms with Gasteiger partial charge in [0.15, 0.2) is 5.82 Å². The van der Waals surface area contributed by atoms with Crippen LogP contribution in [0.2, 0.25) is 0 Å². The highest BCUT2D eigenvalue weighted by atomic mass is 16.5. The molecular formula is C24H25N5O3. The first-order valence-electron chi connectivity index (χ1n) is 10.5. The molecule has 0 bridgehead atoms. The summed E-state index contributed by atoms with van der Waals surface area (Å²) in [5, 5.41) is 5.94. The molecule has 4 rings (SSSR count). The molecule has 1 aromatic carbocycles. The van der Waals surface area contributed by atoms with Gasteiger partial charge in [-0.3, -0.25) is 14.6 Å². The van der Waals surface area contributed by atoms with Crippen LogP contribution in [0, 0.1) is 0 Å². The smallest absolute Gasteiger partial charge is 0.252 e. The largest absolute Gasteiger partial charge is 0.497 e. The minimum Gasteiger partial charge on any atom is -0.497 e. The number of nitrogens with zero attached hydrogens (tertiary/aromatic N) is 3. The van der Waals surface area contributed by atoms with Crippen molar-refractivity contribution in [3.63, 3.8) is 0 Å². The fourth-order valence-electron chi connectivity index (χ4n) is 3.51. The Morgan fingerprint density at radius 3 is 2.78 bits per heavy atom. The van der Waals surface area contributed by atoms with Crippen molar-refractivity contribution in [2.45, 2.75) is 19.4 Å². The lowest BCUT2D eigenvalue weighted by molar-refractivity contribution is -0.117. The van der Waals surface area contributed by atoms with Crippen LogP contribution in [0.25, 0.3) is 0 Å². The van der Waals surface area contributed by atoms with E-state index in [2.05, 4.69) is 20.6 Å². The summed E-state index contributed by atoms with van der Waals surface area (Å²) < 4.78 is 5.20. The standard InChI is InChI=1S/C24H25N5O3/c1-32-20-9-7-17(8-10-20)16-29-21-13-18(14-27-23(21)28-15-22(29)30)24(31)26-12-4-6-19-5-2-3-11-25-19/h2-3,5,7-11,13-14H,4,6,12,15-16H2,1H3,(H,26,31)(H,27,28). The van der Waals surface area contributed by atoms with Gasteiger partial charge in [0.1, 0.15) is 5.75 Å². The zero-order valence-electron chi connectivity index (χ0n) is 17.9. The maximum Gasteiger partial charge on any atom is 0.252 e. The normalized spacial score (nSPS) is 12.7. The van der Waals surface area contributed by atoms with Crippen molar-refractivity contribution >= 4 is 23.3 Å². The lowest BCUT2D eigenvalue weighted by Crippen LogP contribution is -2.40. The van der Waals surface area contributed by atoms with Gasteiger partial charge in [-0.15, -0.1) is 0 Å². The summed E-state index contributed by atoms with van der Waals surface area (Å²) in [6.45, 7) is 1.07. The molecular weight excluding hydrogens is 406 g/mol. The number of carbonyl (C=O) groups excluding carboxylic acids is 2. The Morgan fingerprint density at radius 2 is 2.03 bits per heavy atom. The first-order chi connectivity index (χ1) is 15.6. The number of hydrogen-bond donors (Lipinski definition) is 2. The van der Waals surface area contributed by atoms with Crippen molar-refractivity contribution in [1.82, 2.24) is 15.3 Å². The maximum absolute atomic E-state index is 12.7. The Bertz CT molecular complexity index is 1090. The minimum atomic E-state index is -0.219. The molecule has 3 aromatic rings. The van der Waals surface area contributed by atoms with E-state index < -0.39 is 0 Å². The Hall–Kier alpha value is -3.94. The summed E-state index contributed by atoms with van der Waals surface area (Å²) in [6, 6.07) is 15.1. The summed E-state index contributed by atoms with van der Waals surface area (Å²) in [7, 11) is 1.61. The highest BCUT2D eigenvalue weighted by Crippen LogP contribution is 2.30. The fraction of sp³-hybridized carbons (Fsp3) is 0.250. The summed E-state index contributed by atoms with van der Waals surface area (Å²) >= 11 is 0. The number of rotatable bonds is 8. The molecule has 8 nitrogen and oxygen atoms in total. The van der Waals surface area contributed by atoms with Crippen LogP contribution in [-0.4, -0.2) is 42.0 Å². The van der Waals surface area contributed by atoms with Crippen molar-refractivity contribution in [3.05, 3.63) is 77.7 Å². The molecule has 0 radical (unpaired) electrons. The molecule has 0 saturated carbocycles. The Balaban J connectivity index is 1.42. The van der Waals surface area contributed by atoms with Crippen LogP contribution < -0.4 is 20.3 Å². The second-order valence-corrected chi connectivity index (χ2v) is 7.45. The third-order valence-electron chi connectivity index (χ3n) is 5.25. The van der Waals surface area contributed by atoms with Crippen molar-refractivity contribution in [3.8, 4) is 5.75 Å². The van der Waals surface area contributed by atoms with E-state index in [-0.39, 0.29) is 18.4 Å². The van der Waals surface area contributed by atoms with Crippen LogP contribution >= 0.6 is 0 Å². The molecule has 0 aliphatic carbocycles. The minimum absolute atomic E-state index is 0.0805. The SMILES string of the molecule is COc1ccc(CN2C(=O)CNc3ncc(C(=O)NCCCc4ccccn4)cc32)cc1. The number of methoxy groups -OCH3 is 1. The van der Waals surface area contributed by atoms with Gasteiger partial charge in [-0.2, -0.15) is 0 Å². The van der Waals surface area contributed by atoms with Gasteiger partial charge in [-0.25, -0.2) is 4.98 Å². The second kappa shape index (κ2) is 9.91. The summed E-state index contributed by atoms with van der Waals surface area (Å²) in [6.07, 6.45) is 4.86. The molecule has 0 atom stereocenters. The summed E-state index contributed by atoms with van der Waals surface area (Å²) in [5.41, 5.74) is 2.96. The average molecular weight is 431 g/mol. The number of fused-ring (bicyclic) bond motifs is 1. The molecule has 8 heteroatoms. The topological polar surface area (TPSA) is 96.5 Å². The number of nitrogens with one attached hydrogen (secondary N) is 2. The highest BCUT2D eigenvalue weighted by molar-refractivity contribution is 6.04. The number of aryl methyl sites for hydroxylation is 1.